The minimum atomic E-state index is 0.465. The number of hydrogen-bond donors (Lipinski definition) is 1. The van der Waals surface area contributed by atoms with Crippen LogP contribution in [0.5, 0.6) is 11.5 Å². The SMILES string of the molecule is CCNCc1cccc(COc2ccc(OC)cc2)n1. The van der Waals surface area contributed by atoms with Crippen molar-refractivity contribution >= 4 is 0 Å². The molecule has 0 radical (unpaired) electrons. The normalized spacial score (nSPS) is 10.3. The van der Waals surface area contributed by atoms with Gasteiger partial charge < -0.3 is 14.8 Å². The Balaban J connectivity index is 1.92. The molecule has 1 N–H and O–H groups in total. The number of nitrogens with zero attached hydrogens (tertiary/aromatic N) is 1. The fourth-order valence-corrected chi connectivity index (χ4v) is 1.79. The Morgan fingerprint density at radius 2 is 1.70 bits per heavy atom. The molecule has 0 saturated carbocycles. The molecule has 1 aromatic heterocycles. The molecule has 0 aliphatic rings. The molecular weight excluding hydrogens is 252 g/mol. The molecule has 0 aliphatic heterocycles. The number of rotatable bonds is 7. The third kappa shape index (κ3) is 4.24. The quantitative estimate of drug-likeness (QED) is 0.841. The van der Waals surface area contributed by atoms with Crippen LogP contribution in [0, 0.1) is 0 Å². The highest BCUT2D eigenvalue weighted by Gasteiger charge is 2.00. The summed E-state index contributed by atoms with van der Waals surface area (Å²) in [6, 6.07) is 13.5. The van der Waals surface area contributed by atoms with Crippen molar-refractivity contribution in [2.75, 3.05) is 13.7 Å². The van der Waals surface area contributed by atoms with Gasteiger partial charge in [-0.25, -0.2) is 0 Å². The van der Waals surface area contributed by atoms with E-state index in [1.54, 1.807) is 7.11 Å². The molecule has 4 nitrogen and oxygen atoms in total. The molecule has 0 spiro atoms. The lowest BCUT2D eigenvalue weighted by Gasteiger charge is -2.08. The molecule has 20 heavy (non-hydrogen) atoms. The molecule has 0 amide bonds. The van der Waals surface area contributed by atoms with E-state index in [0.29, 0.717) is 6.61 Å². The average Bonchev–Trinajstić information content (AvgIpc) is 2.52. The van der Waals surface area contributed by atoms with Gasteiger partial charge in [0, 0.05) is 6.54 Å². The van der Waals surface area contributed by atoms with E-state index in [9.17, 15) is 0 Å². The van der Waals surface area contributed by atoms with Gasteiger partial charge >= 0.3 is 0 Å². The van der Waals surface area contributed by atoms with Crippen LogP contribution in [0.2, 0.25) is 0 Å². The predicted octanol–water partition coefficient (Wildman–Crippen LogP) is 2.78. The summed E-state index contributed by atoms with van der Waals surface area (Å²) in [5.41, 5.74) is 1.96. The van der Waals surface area contributed by atoms with Gasteiger partial charge in [-0.3, -0.25) is 4.98 Å². The van der Waals surface area contributed by atoms with E-state index in [2.05, 4.69) is 17.2 Å². The zero-order valence-electron chi connectivity index (χ0n) is 11.9. The van der Waals surface area contributed by atoms with Crippen LogP contribution in [0.15, 0.2) is 42.5 Å². The highest BCUT2D eigenvalue weighted by Crippen LogP contribution is 2.17. The van der Waals surface area contributed by atoms with E-state index < -0.39 is 0 Å². The number of methoxy groups -OCH3 is 1. The van der Waals surface area contributed by atoms with Crippen LogP contribution >= 0.6 is 0 Å². The van der Waals surface area contributed by atoms with Gasteiger partial charge in [-0.1, -0.05) is 13.0 Å². The van der Waals surface area contributed by atoms with E-state index in [4.69, 9.17) is 9.47 Å². The Morgan fingerprint density at radius 1 is 1.00 bits per heavy atom. The smallest absolute Gasteiger partial charge is 0.130 e. The highest BCUT2D eigenvalue weighted by molar-refractivity contribution is 5.31. The first kappa shape index (κ1) is 14.3. The maximum absolute atomic E-state index is 5.71. The molecule has 0 fully saturated rings. The summed E-state index contributed by atoms with van der Waals surface area (Å²) in [4.78, 5) is 4.55. The molecule has 4 heteroatoms. The third-order valence-corrected chi connectivity index (χ3v) is 2.87. The van der Waals surface area contributed by atoms with Crippen molar-refractivity contribution in [2.24, 2.45) is 0 Å². The number of ether oxygens (including phenoxy) is 2. The fourth-order valence-electron chi connectivity index (χ4n) is 1.79. The molecule has 0 atom stereocenters. The topological polar surface area (TPSA) is 43.4 Å². The van der Waals surface area contributed by atoms with Gasteiger partial charge in [-0.05, 0) is 42.9 Å². The highest BCUT2D eigenvalue weighted by atomic mass is 16.5. The first-order valence-electron chi connectivity index (χ1n) is 6.74. The van der Waals surface area contributed by atoms with Gasteiger partial charge in [-0.15, -0.1) is 0 Å². The summed E-state index contributed by atoms with van der Waals surface area (Å²) >= 11 is 0. The molecule has 1 heterocycles. The molecule has 0 saturated heterocycles. The van der Waals surface area contributed by atoms with Crippen LogP contribution < -0.4 is 14.8 Å². The summed E-state index contributed by atoms with van der Waals surface area (Å²) in [5.74, 6) is 1.63. The van der Waals surface area contributed by atoms with Crippen molar-refractivity contribution in [3.05, 3.63) is 53.9 Å². The van der Waals surface area contributed by atoms with Gasteiger partial charge in [-0.2, -0.15) is 0 Å². The molecule has 0 bridgehead atoms. The Kier molecular flexibility index (Phi) is 5.38. The summed E-state index contributed by atoms with van der Waals surface area (Å²) in [6.07, 6.45) is 0. The maximum atomic E-state index is 5.71. The molecule has 2 aromatic rings. The number of nitrogens with one attached hydrogen (secondary N) is 1. The second-order valence-corrected chi connectivity index (χ2v) is 4.36. The lowest BCUT2D eigenvalue weighted by atomic mass is 10.3. The van der Waals surface area contributed by atoms with Crippen molar-refractivity contribution in [2.45, 2.75) is 20.1 Å². The van der Waals surface area contributed by atoms with Crippen LogP contribution in [-0.4, -0.2) is 18.6 Å². The molecule has 2 rings (SSSR count). The van der Waals surface area contributed by atoms with Crippen molar-refractivity contribution in [1.82, 2.24) is 10.3 Å². The zero-order chi connectivity index (χ0) is 14.2. The second-order valence-electron chi connectivity index (χ2n) is 4.36. The van der Waals surface area contributed by atoms with Gasteiger partial charge in [0.05, 0.1) is 18.5 Å². The lowest BCUT2D eigenvalue weighted by Crippen LogP contribution is -2.13. The van der Waals surface area contributed by atoms with Crippen LogP contribution in [0.1, 0.15) is 18.3 Å². The zero-order valence-corrected chi connectivity index (χ0v) is 11.9. The first-order chi connectivity index (χ1) is 9.81. The van der Waals surface area contributed by atoms with Crippen LogP contribution in [-0.2, 0) is 13.2 Å². The van der Waals surface area contributed by atoms with Crippen LogP contribution in [0.3, 0.4) is 0 Å². The van der Waals surface area contributed by atoms with Crippen molar-refractivity contribution in [3.8, 4) is 11.5 Å². The Hall–Kier alpha value is -2.07. The number of pyridine rings is 1. The number of benzene rings is 1. The summed E-state index contributed by atoms with van der Waals surface area (Å²) in [5, 5.41) is 3.26. The second kappa shape index (κ2) is 7.50. The van der Waals surface area contributed by atoms with Crippen LogP contribution in [0.4, 0.5) is 0 Å². The molecule has 0 aliphatic carbocycles. The van der Waals surface area contributed by atoms with E-state index >= 15 is 0 Å². The van der Waals surface area contributed by atoms with Gasteiger partial charge in [0.1, 0.15) is 18.1 Å². The van der Waals surface area contributed by atoms with E-state index in [-0.39, 0.29) is 0 Å². The monoisotopic (exact) mass is 272 g/mol. The maximum Gasteiger partial charge on any atom is 0.130 e. The Morgan fingerprint density at radius 3 is 2.40 bits per heavy atom. The number of hydrogen-bond acceptors (Lipinski definition) is 4. The summed E-state index contributed by atoms with van der Waals surface area (Å²) in [7, 11) is 1.65. The summed E-state index contributed by atoms with van der Waals surface area (Å²) in [6.45, 7) is 4.27. The van der Waals surface area contributed by atoms with Gasteiger partial charge in [0.25, 0.3) is 0 Å². The Labute approximate surface area is 119 Å². The minimum absolute atomic E-state index is 0.465. The largest absolute Gasteiger partial charge is 0.497 e. The van der Waals surface area contributed by atoms with E-state index in [1.165, 1.54) is 0 Å². The average molecular weight is 272 g/mol. The van der Waals surface area contributed by atoms with Crippen LogP contribution in [0.25, 0.3) is 0 Å². The minimum Gasteiger partial charge on any atom is -0.497 e. The van der Waals surface area contributed by atoms with Crippen molar-refractivity contribution in [3.63, 3.8) is 0 Å². The third-order valence-electron chi connectivity index (χ3n) is 2.87. The van der Waals surface area contributed by atoms with Gasteiger partial charge in [0.15, 0.2) is 0 Å². The number of aromatic nitrogens is 1. The first-order valence-corrected chi connectivity index (χ1v) is 6.74. The molecular formula is C16H20N2O2. The molecule has 1 aromatic carbocycles. The van der Waals surface area contributed by atoms with Crippen molar-refractivity contribution in [1.29, 1.82) is 0 Å². The fraction of sp³-hybridized carbons (Fsp3) is 0.312. The van der Waals surface area contributed by atoms with Gasteiger partial charge in [0.2, 0.25) is 0 Å². The predicted molar refractivity (Wildman–Crippen MR) is 78.9 cm³/mol. The van der Waals surface area contributed by atoms with E-state index in [0.717, 1.165) is 36.0 Å². The standard InChI is InChI=1S/C16H20N2O2/c1-3-17-11-13-5-4-6-14(18-13)12-20-16-9-7-15(19-2)8-10-16/h4-10,17H,3,11-12H2,1-2H3. The Bertz CT molecular complexity index is 526. The summed E-state index contributed by atoms with van der Waals surface area (Å²) < 4.78 is 10.8. The molecule has 0 unspecified atom stereocenters. The van der Waals surface area contributed by atoms with E-state index in [1.807, 2.05) is 42.5 Å². The lowest BCUT2D eigenvalue weighted by molar-refractivity contribution is 0.300. The molecule has 106 valence electrons. The van der Waals surface area contributed by atoms with Crippen molar-refractivity contribution < 1.29 is 9.47 Å².